The zero-order chi connectivity index (χ0) is 18.2. The van der Waals surface area contributed by atoms with Gasteiger partial charge in [-0.3, -0.25) is 9.59 Å². The Morgan fingerprint density at radius 2 is 1.96 bits per heavy atom. The van der Waals surface area contributed by atoms with Gasteiger partial charge in [-0.1, -0.05) is 15.9 Å². The molecule has 0 saturated carbocycles. The number of methoxy groups -OCH3 is 2. The van der Waals surface area contributed by atoms with Crippen LogP contribution in [0.2, 0.25) is 0 Å². The van der Waals surface area contributed by atoms with Crippen LogP contribution < -0.4 is 14.8 Å². The lowest BCUT2D eigenvalue weighted by atomic mass is 9.88. The van der Waals surface area contributed by atoms with Gasteiger partial charge in [0.2, 0.25) is 0 Å². The minimum Gasteiger partial charge on any atom is -0.497 e. The molecular formula is C18H16BrNO5. The smallest absolute Gasteiger partial charge is 0.261 e. The lowest BCUT2D eigenvalue weighted by molar-refractivity contribution is -0.133. The fraction of sp³-hybridized carbons (Fsp3) is 0.222. The van der Waals surface area contributed by atoms with Crippen molar-refractivity contribution in [3.8, 4) is 11.5 Å². The first-order chi connectivity index (χ1) is 11.9. The second-order valence-corrected chi connectivity index (χ2v) is 6.59. The predicted molar refractivity (Wildman–Crippen MR) is 95.2 cm³/mol. The molecule has 2 aromatic carbocycles. The quantitative estimate of drug-likeness (QED) is 0.747. The highest BCUT2D eigenvalue weighted by atomic mass is 79.9. The number of ether oxygens (including phenoxy) is 2. The van der Waals surface area contributed by atoms with Crippen LogP contribution in [0.5, 0.6) is 11.5 Å². The van der Waals surface area contributed by atoms with Gasteiger partial charge in [-0.15, -0.1) is 0 Å². The Labute approximate surface area is 152 Å². The SMILES string of the molecule is COc1ccc(OC)c(C(=O)C[C@@]2(O)C(=O)Nc3ccc(Br)cc32)c1. The van der Waals surface area contributed by atoms with E-state index in [1.165, 1.54) is 20.3 Å². The highest BCUT2D eigenvalue weighted by Crippen LogP contribution is 2.41. The third-order valence-electron chi connectivity index (χ3n) is 4.17. The molecule has 1 atom stereocenters. The summed E-state index contributed by atoms with van der Waals surface area (Å²) in [4.78, 5) is 25.1. The van der Waals surface area contributed by atoms with Crippen LogP contribution in [-0.2, 0) is 10.4 Å². The molecule has 0 unspecified atom stereocenters. The lowest BCUT2D eigenvalue weighted by Crippen LogP contribution is -2.36. The molecule has 0 fully saturated rings. The predicted octanol–water partition coefficient (Wildman–Crippen LogP) is 2.88. The second kappa shape index (κ2) is 6.50. The van der Waals surface area contributed by atoms with Gasteiger partial charge in [0.1, 0.15) is 11.5 Å². The van der Waals surface area contributed by atoms with Crippen molar-refractivity contribution < 1.29 is 24.2 Å². The maximum Gasteiger partial charge on any atom is 0.261 e. The molecule has 3 rings (SSSR count). The van der Waals surface area contributed by atoms with E-state index in [-0.39, 0.29) is 5.56 Å². The topological polar surface area (TPSA) is 84.9 Å². The Morgan fingerprint density at radius 1 is 1.20 bits per heavy atom. The van der Waals surface area contributed by atoms with Crippen molar-refractivity contribution in [3.05, 3.63) is 52.0 Å². The molecule has 6 nitrogen and oxygen atoms in total. The molecule has 0 spiro atoms. The number of hydrogen-bond acceptors (Lipinski definition) is 5. The van der Waals surface area contributed by atoms with Gasteiger partial charge in [-0.25, -0.2) is 0 Å². The van der Waals surface area contributed by atoms with Crippen LogP contribution in [0.1, 0.15) is 22.3 Å². The summed E-state index contributed by atoms with van der Waals surface area (Å²) in [5, 5.41) is 13.5. The summed E-state index contributed by atoms with van der Waals surface area (Å²) < 4.78 is 11.1. The standard InChI is InChI=1S/C18H16BrNO5/c1-24-11-4-6-16(25-2)12(8-11)15(21)9-18(23)13-7-10(19)3-5-14(13)20-17(18)22/h3-8,23H,9H2,1-2H3,(H,20,22)/t18-/m0/s1. The normalized spacial score (nSPS) is 18.5. The van der Waals surface area contributed by atoms with Gasteiger partial charge in [0.15, 0.2) is 11.4 Å². The van der Waals surface area contributed by atoms with E-state index >= 15 is 0 Å². The van der Waals surface area contributed by atoms with Crippen LogP contribution in [-0.4, -0.2) is 31.0 Å². The minimum absolute atomic E-state index is 0.242. The van der Waals surface area contributed by atoms with E-state index in [2.05, 4.69) is 21.2 Å². The Morgan fingerprint density at radius 3 is 2.64 bits per heavy atom. The molecule has 0 bridgehead atoms. The van der Waals surface area contributed by atoms with E-state index in [0.29, 0.717) is 27.2 Å². The molecule has 0 saturated heterocycles. The number of fused-ring (bicyclic) bond motifs is 1. The number of aliphatic hydroxyl groups is 1. The van der Waals surface area contributed by atoms with E-state index in [1.54, 1.807) is 30.3 Å². The molecule has 0 aromatic heterocycles. The largest absolute Gasteiger partial charge is 0.497 e. The number of amides is 1. The number of rotatable bonds is 5. The molecule has 2 aromatic rings. The van der Waals surface area contributed by atoms with Crippen molar-refractivity contribution in [2.75, 3.05) is 19.5 Å². The molecule has 130 valence electrons. The third-order valence-corrected chi connectivity index (χ3v) is 4.67. The number of Topliss-reactive ketones (excluding diaryl/α,β-unsaturated/α-hetero) is 1. The average molecular weight is 406 g/mol. The van der Waals surface area contributed by atoms with Crippen molar-refractivity contribution in [1.82, 2.24) is 0 Å². The van der Waals surface area contributed by atoms with Crippen molar-refractivity contribution >= 4 is 33.3 Å². The molecule has 1 amide bonds. The van der Waals surface area contributed by atoms with Crippen molar-refractivity contribution in [3.63, 3.8) is 0 Å². The highest BCUT2D eigenvalue weighted by Gasteiger charge is 2.47. The van der Waals surface area contributed by atoms with Gasteiger partial charge in [0, 0.05) is 15.7 Å². The molecule has 0 aliphatic carbocycles. The van der Waals surface area contributed by atoms with Crippen LogP contribution in [0.25, 0.3) is 0 Å². The highest BCUT2D eigenvalue weighted by molar-refractivity contribution is 9.10. The second-order valence-electron chi connectivity index (χ2n) is 5.67. The van der Waals surface area contributed by atoms with Gasteiger partial charge in [-0.05, 0) is 36.4 Å². The molecule has 25 heavy (non-hydrogen) atoms. The van der Waals surface area contributed by atoms with Gasteiger partial charge < -0.3 is 19.9 Å². The van der Waals surface area contributed by atoms with E-state index in [4.69, 9.17) is 9.47 Å². The fourth-order valence-corrected chi connectivity index (χ4v) is 3.21. The summed E-state index contributed by atoms with van der Waals surface area (Å²) in [5.74, 6) is -0.227. The van der Waals surface area contributed by atoms with Crippen LogP contribution in [0.3, 0.4) is 0 Å². The van der Waals surface area contributed by atoms with Crippen LogP contribution in [0.4, 0.5) is 5.69 Å². The lowest BCUT2D eigenvalue weighted by Gasteiger charge is -2.21. The number of nitrogens with one attached hydrogen (secondary N) is 1. The monoisotopic (exact) mass is 405 g/mol. The average Bonchev–Trinajstić information content (AvgIpc) is 2.85. The molecule has 7 heteroatoms. The molecule has 1 aliphatic heterocycles. The van der Waals surface area contributed by atoms with Crippen LogP contribution in [0.15, 0.2) is 40.9 Å². The number of carbonyl (C=O) groups is 2. The van der Waals surface area contributed by atoms with Crippen LogP contribution >= 0.6 is 15.9 Å². The van der Waals surface area contributed by atoms with E-state index < -0.39 is 23.7 Å². The Bertz CT molecular complexity index is 867. The Balaban J connectivity index is 1.99. The number of ketones is 1. The maximum absolute atomic E-state index is 12.8. The summed E-state index contributed by atoms with van der Waals surface area (Å²) in [6, 6.07) is 9.85. The van der Waals surface area contributed by atoms with Gasteiger partial charge >= 0.3 is 0 Å². The number of carbonyl (C=O) groups excluding carboxylic acids is 2. The molecular weight excluding hydrogens is 390 g/mol. The van der Waals surface area contributed by atoms with Crippen molar-refractivity contribution in [2.45, 2.75) is 12.0 Å². The minimum atomic E-state index is -1.94. The molecule has 0 radical (unpaired) electrons. The summed E-state index contributed by atoms with van der Waals surface area (Å²) in [5.41, 5.74) is -0.848. The van der Waals surface area contributed by atoms with Gasteiger partial charge in [0.05, 0.1) is 26.2 Å². The van der Waals surface area contributed by atoms with E-state index in [0.717, 1.165) is 0 Å². The summed E-state index contributed by atoms with van der Waals surface area (Å²) in [6.45, 7) is 0. The van der Waals surface area contributed by atoms with Crippen molar-refractivity contribution in [2.24, 2.45) is 0 Å². The first kappa shape index (κ1) is 17.4. The Kier molecular flexibility index (Phi) is 4.53. The summed E-state index contributed by atoms with van der Waals surface area (Å²) >= 11 is 3.32. The zero-order valence-corrected chi connectivity index (χ0v) is 15.2. The number of anilines is 1. The number of benzene rings is 2. The third kappa shape index (κ3) is 3.01. The number of hydrogen-bond donors (Lipinski definition) is 2. The maximum atomic E-state index is 12.8. The molecule has 1 heterocycles. The first-order valence-electron chi connectivity index (χ1n) is 7.48. The van der Waals surface area contributed by atoms with E-state index in [1.807, 2.05) is 0 Å². The summed E-state index contributed by atoms with van der Waals surface area (Å²) in [6.07, 6.45) is -0.411. The number of halogens is 1. The zero-order valence-electron chi connectivity index (χ0n) is 13.6. The fourth-order valence-electron chi connectivity index (χ4n) is 2.85. The Hall–Kier alpha value is -2.38. The van der Waals surface area contributed by atoms with E-state index in [9.17, 15) is 14.7 Å². The summed E-state index contributed by atoms with van der Waals surface area (Å²) in [7, 11) is 2.93. The van der Waals surface area contributed by atoms with Gasteiger partial charge in [-0.2, -0.15) is 0 Å². The molecule has 1 aliphatic rings. The van der Waals surface area contributed by atoms with Gasteiger partial charge in [0.25, 0.3) is 5.91 Å². The molecule has 2 N–H and O–H groups in total. The first-order valence-corrected chi connectivity index (χ1v) is 8.27. The van der Waals surface area contributed by atoms with Crippen molar-refractivity contribution in [1.29, 1.82) is 0 Å². The van der Waals surface area contributed by atoms with Crippen LogP contribution in [0, 0.1) is 0 Å².